The minimum Gasteiger partial charge on any atom is -0.320 e. The van der Waals surface area contributed by atoms with Crippen LogP contribution >= 0.6 is 11.1 Å². The third-order valence-corrected chi connectivity index (χ3v) is 7.49. The number of hydrogen-bond acceptors (Lipinski definition) is 1. The molecule has 0 heterocycles. The second-order valence-corrected chi connectivity index (χ2v) is 9.26. The average molecular weight is 208 g/mol. The van der Waals surface area contributed by atoms with E-state index in [1.807, 2.05) is 7.05 Å². The lowest BCUT2D eigenvalue weighted by Crippen LogP contribution is -2.19. The molecule has 0 aromatic rings. The summed E-state index contributed by atoms with van der Waals surface area (Å²) in [6, 6.07) is 1.27. The van der Waals surface area contributed by atoms with Crippen LogP contribution in [-0.4, -0.2) is 21.7 Å². The van der Waals surface area contributed by atoms with Crippen molar-refractivity contribution < 1.29 is 0 Å². The first-order valence-corrected chi connectivity index (χ1v) is 7.91. The Morgan fingerprint density at radius 1 is 1.25 bits per heavy atom. The highest BCUT2D eigenvalue weighted by Crippen LogP contribution is 2.32. The first kappa shape index (κ1) is 12.5. The van der Waals surface area contributed by atoms with Crippen molar-refractivity contribution in [1.29, 1.82) is 0 Å². The SMILES string of the molecule is CNCCCC[SiH](Cl)C(C)(C)C. The standard InChI is InChI=1S/C9H22ClNSi/c1-9(2,3)12(10)8-6-5-7-11-4/h11-12H,5-8H2,1-4H3. The Morgan fingerprint density at radius 2 is 1.83 bits per heavy atom. The van der Waals surface area contributed by atoms with Crippen molar-refractivity contribution in [2.75, 3.05) is 13.6 Å². The molecule has 0 saturated heterocycles. The van der Waals surface area contributed by atoms with E-state index in [0.29, 0.717) is 5.04 Å². The van der Waals surface area contributed by atoms with Crippen LogP contribution in [0.15, 0.2) is 0 Å². The van der Waals surface area contributed by atoms with E-state index in [4.69, 9.17) is 11.1 Å². The maximum absolute atomic E-state index is 6.35. The molecule has 0 saturated carbocycles. The minimum absolute atomic E-state index is 0.390. The number of unbranched alkanes of at least 4 members (excludes halogenated alkanes) is 1. The van der Waals surface area contributed by atoms with E-state index in [0.717, 1.165) is 6.54 Å². The molecule has 0 spiro atoms. The summed E-state index contributed by atoms with van der Waals surface area (Å²) in [5.74, 6) is 0. The van der Waals surface area contributed by atoms with Crippen LogP contribution in [0.25, 0.3) is 0 Å². The van der Waals surface area contributed by atoms with Crippen molar-refractivity contribution in [3.8, 4) is 0 Å². The van der Waals surface area contributed by atoms with Crippen LogP contribution in [0.5, 0.6) is 0 Å². The fourth-order valence-electron chi connectivity index (χ4n) is 1.06. The van der Waals surface area contributed by atoms with E-state index < -0.39 is 8.11 Å². The zero-order chi connectivity index (χ0) is 9.61. The first-order chi connectivity index (χ1) is 5.48. The van der Waals surface area contributed by atoms with Gasteiger partial charge in [-0.2, -0.15) is 11.1 Å². The molecule has 0 aliphatic rings. The van der Waals surface area contributed by atoms with Gasteiger partial charge >= 0.3 is 0 Å². The van der Waals surface area contributed by atoms with Crippen molar-refractivity contribution in [2.24, 2.45) is 0 Å². The van der Waals surface area contributed by atoms with Crippen LogP contribution in [0.4, 0.5) is 0 Å². The van der Waals surface area contributed by atoms with E-state index in [1.165, 1.54) is 18.9 Å². The van der Waals surface area contributed by atoms with Crippen molar-refractivity contribution in [3.05, 3.63) is 0 Å². The van der Waals surface area contributed by atoms with E-state index >= 15 is 0 Å². The summed E-state index contributed by atoms with van der Waals surface area (Å²) in [7, 11) is 1.01. The summed E-state index contributed by atoms with van der Waals surface area (Å²) >= 11 is 6.35. The minimum atomic E-state index is -0.989. The molecule has 0 radical (unpaired) electrons. The largest absolute Gasteiger partial charge is 0.320 e. The van der Waals surface area contributed by atoms with E-state index in [1.54, 1.807) is 0 Å². The Kier molecular flexibility index (Phi) is 6.24. The Hall–Kier alpha value is 0.467. The molecule has 12 heavy (non-hydrogen) atoms. The third-order valence-electron chi connectivity index (χ3n) is 2.07. The Balaban J connectivity index is 3.38. The van der Waals surface area contributed by atoms with Crippen molar-refractivity contribution in [2.45, 2.75) is 44.7 Å². The monoisotopic (exact) mass is 207 g/mol. The van der Waals surface area contributed by atoms with Gasteiger partial charge in [0.25, 0.3) is 0 Å². The van der Waals surface area contributed by atoms with Crippen LogP contribution in [0, 0.1) is 0 Å². The van der Waals surface area contributed by atoms with Crippen LogP contribution in [0.2, 0.25) is 11.1 Å². The smallest absolute Gasteiger partial charge is 0.146 e. The van der Waals surface area contributed by atoms with E-state index in [9.17, 15) is 0 Å². The van der Waals surface area contributed by atoms with Crippen LogP contribution in [0.1, 0.15) is 33.6 Å². The van der Waals surface area contributed by atoms with Crippen LogP contribution in [0.3, 0.4) is 0 Å². The summed E-state index contributed by atoms with van der Waals surface area (Å²) < 4.78 is 0. The van der Waals surface area contributed by atoms with Gasteiger partial charge in [0.15, 0.2) is 0 Å². The zero-order valence-electron chi connectivity index (χ0n) is 8.78. The van der Waals surface area contributed by atoms with Crippen molar-refractivity contribution in [1.82, 2.24) is 5.32 Å². The summed E-state index contributed by atoms with van der Waals surface area (Å²) in [6.07, 6.45) is 2.56. The Bertz CT molecular complexity index is 112. The summed E-state index contributed by atoms with van der Waals surface area (Å²) in [4.78, 5) is 0. The van der Waals surface area contributed by atoms with Crippen molar-refractivity contribution >= 4 is 19.2 Å². The highest BCUT2D eigenvalue weighted by Gasteiger charge is 2.23. The summed E-state index contributed by atoms with van der Waals surface area (Å²) in [6.45, 7) is 7.90. The van der Waals surface area contributed by atoms with Gasteiger partial charge in [-0.1, -0.05) is 27.2 Å². The quantitative estimate of drug-likeness (QED) is 0.416. The summed E-state index contributed by atoms with van der Waals surface area (Å²) in [5, 5.41) is 3.54. The fourth-order valence-corrected chi connectivity index (χ4v) is 3.03. The predicted octanol–water partition coefficient (Wildman–Crippen LogP) is 2.75. The normalized spacial score (nSPS) is 14.8. The topological polar surface area (TPSA) is 12.0 Å². The van der Waals surface area contributed by atoms with Gasteiger partial charge in [0, 0.05) is 0 Å². The molecule has 1 atom stereocenters. The number of rotatable bonds is 5. The van der Waals surface area contributed by atoms with Gasteiger partial charge < -0.3 is 5.32 Å². The Morgan fingerprint density at radius 3 is 2.25 bits per heavy atom. The molecule has 1 nitrogen and oxygen atoms in total. The van der Waals surface area contributed by atoms with Gasteiger partial charge in [0.05, 0.1) is 0 Å². The van der Waals surface area contributed by atoms with Gasteiger partial charge in [-0.25, -0.2) is 0 Å². The fraction of sp³-hybridized carbons (Fsp3) is 1.00. The van der Waals surface area contributed by atoms with Gasteiger partial charge in [-0.15, -0.1) is 0 Å². The predicted molar refractivity (Wildman–Crippen MR) is 60.7 cm³/mol. The molecule has 1 N–H and O–H groups in total. The van der Waals surface area contributed by atoms with E-state index in [-0.39, 0.29) is 0 Å². The molecule has 1 unspecified atom stereocenters. The molecule has 3 heteroatoms. The molecule has 0 bridgehead atoms. The van der Waals surface area contributed by atoms with Crippen molar-refractivity contribution in [3.63, 3.8) is 0 Å². The van der Waals surface area contributed by atoms with Gasteiger partial charge in [-0.3, -0.25) is 0 Å². The number of hydrogen-bond donors (Lipinski definition) is 1. The molecular weight excluding hydrogens is 186 g/mol. The van der Waals surface area contributed by atoms with Gasteiger partial charge in [0.2, 0.25) is 0 Å². The van der Waals surface area contributed by atoms with E-state index in [2.05, 4.69) is 26.1 Å². The molecule has 0 amide bonds. The number of halogens is 1. The summed E-state index contributed by atoms with van der Waals surface area (Å²) in [5.41, 5.74) is 0. The van der Waals surface area contributed by atoms with Crippen LogP contribution < -0.4 is 5.32 Å². The Labute approximate surface area is 83.2 Å². The van der Waals surface area contributed by atoms with Crippen LogP contribution in [-0.2, 0) is 0 Å². The zero-order valence-corrected chi connectivity index (χ0v) is 10.7. The number of nitrogens with one attached hydrogen (secondary N) is 1. The lowest BCUT2D eigenvalue weighted by atomic mass is 10.2. The molecular formula is C9H22ClNSi. The molecule has 0 aliphatic heterocycles. The first-order valence-electron chi connectivity index (χ1n) is 4.77. The second kappa shape index (κ2) is 6.00. The maximum atomic E-state index is 6.35. The lowest BCUT2D eigenvalue weighted by molar-refractivity contribution is 0.691. The highest BCUT2D eigenvalue weighted by molar-refractivity contribution is 7.08. The molecule has 0 aliphatic carbocycles. The molecule has 0 rings (SSSR count). The maximum Gasteiger partial charge on any atom is 0.146 e. The average Bonchev–Trinajstić information content (AvgIpc) is 1.96. The molecule has 0 aromatic heterocycles. The second-order valence-electron chi connectivity index (χ2n) is 4.43. The molecule has 0 fully saturated rings. The third kappa shape index (κ3) is 6.04. The molecule has 0 aromatic carbocycles. The molecule has 74 valence electrons. The van der Waals surface area contributed by atoms with Gasteiger partial charge in [0.1, 0.15) is 8.11 Å². The highest BCUT2D eigenvalue weighted by atomic mass is 35.6. The van der Waals surface area contributed by atoms with Gasteiger partial charge in [-0.05, 0) is 31.1 Å². The lowest BCUT2D eigenvalue weighted by Gasteiger charge is -2.23.